The number of carbonyl (C=O) groups is 1. The van der Waals surface area contributed by atoms with Crippen molar-refractivity contribution >= 4 is 16.7 Å². The lowest BCUT2D eigenvalue weighted by atomic mass is 10.0. The monoisotopic (exact) mass is 536 g/mol. The van der Waals surface area contributed by atoms with Gasteiger partial charge in [0.25, 0.3) is 0 Å². The van der Waals surface area contributed by atoms with Gasteiger partial charge in [0.2, 0.25) is 0 Å². The number of aromatic nitrogens is 2. The highest BCUT2D eigenvalue weighted by atomic mass is 16.5. The highest BCUT2D eigenvalue weighted by molar-refractivity contribution is 5.94. The van der Waals surface area contributed by atoms with Gasteiger partial charge in [-0.05, 0) is 72.2 Å². The molecule has 0 radical (unpaired) electrons. The van der Waals surface area contributed by atoms with Crippen LogP contribution in [0.5, 0.6) is 11.5 Å². The van der Waals surface area contributed by atoms with Crippen molar-refractivity contribution in [2.24, 2.45) is 0 Å². The zero-order valence-electron chi connectivity index (χ0n) is 23.2. The van der Waals surface area contributed by atoms with E-state index in [2.05, 4.69) is 23.1 Å². The Kier molecular flexibility index (Phi) is 8.10. The van der Waals surface area contributed by atoms with E-state index in [1.54, 1.807) is 12.3 Å². The van der Waals surface area contributed by atoms with Gasteiger partial charge in [-0.3, -0.25) is 0 Å². The minimum Gasteiger partial charge on any atom is -0.489 e. The molecule has 0 saturated heterocycles. The lowest BCUT2D eigenvalue weighted by Gasteiger charge is -2.12. The topological polar surface area (TPSA) is 83.7 Å². The van der Waals surface area contributed by atoms with Gasteiger partial charge < -0.3 is 18.7 Å². The molecule has 0 atom stereocenters. The maximum Gasteiger partial charge on any atom is 0.356 e. The standard InChI is InChI=1S/C33H32N2O5/c1-5-7-31-28(30(35-40-31)20-39-32-21(2)8-6-9-22(32)3)19-38-27-14-12-23(13-15-27)24-10-11-25-17-29(33(36)37-4)34-18-26(25)16-24/h6,8-18H,5,7,19-20H2,1-4H3. The van der Waals surface area contributed by atoms with Gasteiger partial charge >= 0.3 is 5.97 Å². The predicted molar refractivity (Wildman–Crippen MR) is 154 cm³/mol. The van der Waals surface area contributed by atoms with E-state index in [0.717, 1.165) is 74.4 Å². The molecule has 7 nitrogen and oxygen atoms in total. The molecule has 2 heterocycles. The van der Waals surface area contributed by atoms with Crippen molar-refractivity contribution in [1.29, 1.82) is 0 Å². The van der Waals surface area contributed by atoms with Crippen LogP contribution in [0, 0.1) is 13.8 Å². The number of hydrogen-bond donors (Lipinski definition) is 0. The van der Waals surface area contributed by atoms with Crippen LogP contribution in [0.2, 0.25) is 0 Å². The van der Waals surface area contributed by atoms with Crippen molar-refractivity contribution in [1.82, 2.24) is 10.1 Å². The molecule has 0 unspecified atom stereocenters. The first-order valence-electron chi connectivity index (χ1n) is 13.3. The Morgan fingerprint density at radius 3 is 2.35 bits per heavy atom. The Balaban J connectivity index is 1.29. The molecular weight excluding hydrogens is 504 g/mol. The molecular formula is C33H32N2O5. The number of aryl methyl sites for hydroxylation is 3. The van der Waals surface area contributed by atoms with Crippen molar-refractivity contribution in [3.63, 3.8) is 0 Å². The van der Waals surface area contributed by atoms with Crippen LogP contribution in [-0.2, 0) is 24.4 Å². The highest BCUT2D eigenvalue weighted by Crippen LogP contribution is 2.28. The Hall–Kier alpha value is -4.65. The summed E-state index contributed by atoms with van der Waals surface area (Å²) in [5, 5.41) is 6.18. The fourth-order valence-electron chi connectivity index (χ4n) is 4.69. The number of hydrogen-bond acceptors (Lipinski definition) is 7. The molecule has 0 amide bonds. The van der Waals surface area contributed by atoms with Gasteiger partial charge in [-0.1, -0.05) is 54.5 Å². The van der Waals surface area contributed by atoms with E-state index in [9.17, 15) is 4.79 Å². The summed E-state index contributed by atoms with van der Waals surface area (Å²) in [6.07, 6.45) is 3.42. The Morgan fingerprint density at radius 2 is 1.62 bits per heavy atom. The van der Waals surface area contributed by atoms with Crippen LogP contribution in [-0.4, -0.2) is 23.2 Å². The zero-order valence-corrected chi connectivity index (χ0v) is 23.2. The van der Waals surface area contributed by atoms with E-state index in [1.165, 1.54) is 7.11 Å². The van der Waals surface area contributed by atoms with Crippen molar-refractivity contribution in [2.75, 3.05) is 7.11 Å². The van der Waals surface area contributed by atoms with Crippen LogP contribution < -0.4 is 9.47 Å². The molecule has 0 bridgehead atoms. The largest absolute Gasteiger partial charge is 0.489 e. The lowest BCUT2D eigenvalue weighted by Crippen LogP contribution is -2.05. The summed E-state index contributed by atoms with van der Waals surface area (Å²) >= 11 is 0. The van der Waals surface area contributed by atoms with E-state index in [1.807, 2.05) is 68.4 Å². The second-order valence-corrected chi connectivity index (χ2v) is 9.73. The Bertz CT molecular complexity index is 1620. The fourth-order valence-corrected chi connectivity index (χ4v) is 4.69. The zero-order chi connectivity index (χ0) is 28.1. The van der Waals surface area contributed by atoms with Gasteiger partial charge in [-0.15, -0.1) is 0 Å². The van der Waals surface area contributed by atoms with Crippen LogP contribution in [0.25, 0.3) is 21.9 Å². The number of para-hydroxylation sites is 1. The van der Waals surface area contributed by atoms with E-state index in [0.29, 0.717) is 18.9 Å². The number of ether oxygens (including phenoxy) is 3. The molecule has 5 rings (SSSR count). The maximum absolute atomic E-state index is 11.8. The molecule has 0 fully saturated rings. The summed E-state index contributed by atoms with van der Waals surface area (Å²) in [5.74, 6) is 2.01. The molecule has 7 heteroatoms. The fraction of sp³-hybridized carbons (Fsp3) is 0.242. The van der Waals surface area contributed by atoms with Crippen molar-refractivity contribution in [3.8, 4) is 22.6 Å². The smallest absolute Gasteiger partial charge is 0.356 e. The Labute approximate surface area is 233 Å². The average molecular weight is 537 g/mol. The van der Waals surface area contributed by atoms with Gasteiger partial charge in [0, 0.05) is 18.0 Å². The van der Waals surface area contributed by atoms with Crippen molar-refractivity contribution in [2.45, 2.75) is 46.8 Å². The summed E-state index contributed by atoms with van der Waals surface area (Å²) in [7, 11) is 1.35. The minimum absolute atomic E-state index is 0.291. The molecule has 0 aliphatic carbocycles. The van der Waals surface area contributed by atoms with E-state index < -0.39 is 5.97 Å². The summed E-state index contributed by atoms with van der Waals surface area (Å²) in [5.41, 5.74) is 6.24. The molecule has 204 valence electrons. The van der Waals surface area contributed by atoms with Crippen molar-refractivity contribution in [3.05, 3.63) is 107 Å². The number of pyridine rings is 1. The minimum atomic E-state index is -0.449. The summed E-state index contributed by atoms with van der Waals surface area (Å²) in [4.78, 5) is 16.0. The molecule has 0 N–H and O–H groups in total. The number of benzene rings is 3. The van der Waals surface area contributed by atoms with Gasteiger partial charge in [-0.25, -0.2) is 9.78 Å². The first kappa shape index (κ1) is 26.9. The summed E-state index contributed by atoms with van der Waals surface area (Å²) in [6.45, 7) is 6.84. The molecule has 3 aromatic carbocycles. The van der Waals surface area contributed by atoms with E-state index >= 15 is 0 Å². The molecule has 0 aliphatic heterocycles. The Morgan fingerprint density at radius 1 is 0.875 bits per heavy atom. The SMILES string of the molecule is CCCc1onc(COc2c(C)cccc2C)c1COc1ccc(-c2ccc3cc(C(=O)OC)ncc3c2)cc1. The normalized spacial score (nSPS) is 11.0. The van der Waals surface area contributed by atoms with Crippen LogP contribution in [0.3, 0.4) is 0 Å². The van der Waals surface area contributed by atoms with Crippen LogP contribution in [0.15, 0.2) is 77.4 Å². The van der Waals surface area contributed by atoms with Gasteiger partial charge in [-0.2, -0.15) is 0 Å². The number of fused-ring (bicyclic) bond motifs is 1. The summed E-state index contributed by atoms with van der Waals surface area (Å²) < 4.78 is 22.8. The quantitative estimate of drug-likeness (QED) is 0.172. The van der Waals surface area contributed by atoms with Crippen LogP contribution in [0.1, 0.15) is 52.0 Å². The van der Waals surface area contributed by atoms with E-state index in [4.69, 9.17) is 18.7 Å². The first-order chi connectivity index (χ1) is 19.5. The van der Waals surface area contributed by atoms with Crippen molar-refractivity contribution < 1.29 is 23.5 Å². The van der Waals surface area contributed by atoms with Gasteiger partial charge in [0.15, 0.2) is 0 Å². The third-order valence-electron chi connectivity index (χ3n) is 6.88. The number of nitrogens with zero attached hydrogens (tertiary/aromatic N) is 2. The average Bonchev–Trinajstić information content (AvgIpc) is 3.36. The first-order valence-corrected chi connectivity index (χ1v) is 13.3. The molecule has 2 aromatic heterocycles. The number of rotatable bonds is 10. The third-order valence-corrected chi connectivity index (χ3v) is 6.88. The van der Waals surface area contributed by atoms with Gasteiger partial charge in [0.05, 0.1) is 12.7 Å². The number of methoxy groups -OCH3 is 1. The molecule has 5 aromatic rings. The summed E-state index contributed by atoms with van der Waals surface area (Å²) in [6, 6.07) is 21.9. The molecule has 0 spiro atoms. The second-order valence-electron chi connectivity index (χ2n) is 9.73. The molecule has 40 heavy (non-hydrogen) atoms. The third kappa shape index (κ3) is 5.83. The van der Waals surface area contributed by atoms with Gasteiger partial charge in [0.1, 0.15) is 41.9 Å². The van der Waals surface area contributed by atoms with E-state index in [-0.39, 0.29) is 0 Å². The lowest BCUT2D eigenvalue weighted by molar-refractivity contribution is 0.0594. The second kappa shape index (κ2) is 12.0. The molecule has 0 aliphatic rings. The van der Waals surface area contributed by atoms with Crippen LogP contribution >= 0.6 is 0 Å². The molecule has 0 saturated carbocycles. The number of esters is 1. The highest BCUT2D eigenvalue weighted by Gasteiger charge is 2.18. The predicted octanol–water partition coefficient (Wildman–Crippen LogP) is 7.40. The maximum atomic E-state index is 11.8. The number of carbonyl (C=O) groups excluding carboxylic acids is 1. The van der Waals surface area contributed by atoms with Crippen LogP contribution in [0.4, 0.5) is 0 Å².